The van der Waals surface area contributed by atoms with Gasteiger partial charge >= 0.3 is 0 Å². The van der Waals surface area contributed by atoms with Crippen molar-refractivity contribution in [1.29, 1.82) is 0 Å². The summed E-state index contributed by atoms with van der Waals surface area (Å²) in [5.74, 6) is 2.27. The number of ether oxygens (including phenoxy) is 1. The fraction of sp³-hybridized carbons (Fsp3) is 0.647. The van der Waals surface area contributed by atoms with Gasteiger partial charge in [0.2, 0.25) is 5.88 Å². The first kappa shape index (κ1) is 21.9. The molecular formula is C17H31IN4O. The molecule has 2 N–H and O–H groups in total. The van der Waals surface area contributed by atoms with Crippen molar-refractivity contribution in [2.75, 3.05) is 19.7 Å². The van der Waals surface area contributed by atoms with Crippen LogP contribution >= 0.6 is 24.0 Å². The summed E-state index contributed by atoms with van der Waals surface area (Å²) >= 11 is 0. The fourth-order valence-corrected chi connectivity index (χ4v) is 2.00. The molecule has 0 aliphatic rings. The second kappa shape index (κ2) is 13.4. The van der Waals surface area contributed by atoms with E-state index in [1.54, 1.807) is 6.20 Å². The van der Waals surface area contributed by atoms with Crippen LogP contribution in [0.15, 0.2) is 23.3 Å². The number of rotatable bonds is 9. The molecule has 0 amide bonds. The minimum absolute atomic E-state index is 0. The molecule has 0 fully saturated rings. The predicted octanol–water partition coefficient (Wildman–Crippen LogP) is 3.59. The van der Waals surface area contributed by atoms with E-state index >= 15 is 0 Å². The van der Waals surface area contributed by atoms with E-state index in [0.717, 1.165) is 37.0 Å². The lowest BCUT2D eigenvalue weighted by Crippen LogP contribution is -2.37. The monoisotopic (exact) mass is 434 g/mol. The van der Waals surface area contributed by atoms with E-state index in [0.29, 0.717) is 19.0 Å². The van der Waals surface area contributed by atoms with Crippen LogP contribution in [-0.4, -0.2) is 30.6 Å². The lowest BCUT2D eigenvalue weighted by molar-refractivity contribution is 0.326. The van der Waals surface area contributed by atoms with Gasteiger partial charge in [-0.1, -0.05) is 13.8 Å². The summed E-state index contributed by atoms with van der Waals surface area (Å²) < 4.78 is 5.41. The summed E-state index contributed by atoms with van der Waals surface area (Å²) in [6, 6.07) is 3.91. The molecule has 1 rings (SSSR count). The van der Waals surface area contributed by atoms with Gasteiger partial charge in [0.1, 0.15) is 0 Å². The van der Waals surface area contributed by atoms with Gasteiger partial charge in [0.05, 0.1) is 13.2 Å². The number of hydrogen-bond acceptors (Lipinski definition) is 3. The Kier molecular flexibility index (Phi) is 12.8. The van der Waals surface area contributed by atoms with Crippen LogP contribution in [0.5, 0.6) is 5.88 Å². The van der Waals surface area contributed by atoms with Gasteiger partial charge in [-0.05, 0) is 44.2 Å². The largest absolute Gasteiger partial charge is 0.478 e. The third-order valence-corrected chi connectivity index (χ3v) is 3.11. The maximum absolute atomic E-state index is 5.41. The Labute approximate surface area is 157 Å². The molecule has 5 nitrogen and oxygen atoms in total. The van der Waals surface area contributed by atoms with Crippen LogP contribution in [0.1, 0.15) is 46.1 Å². The van der Waals surface area contributed by atoms with Crippen LogP contribution < -0.4 is 15.4 Å². The van der Waals surface area contributed by atoms with Crippen LogP contribution in [0.4, 0.5) is 0 Å². The smallest absolute Gasteiger partial charge is 0.213 e. The van der Waals surface area contributed by atoms with Crippen molar-refractivity contribution >= 4 is 29.9 Å². The number of halogens is 1. The molecule has 23 heavy (non-hydrogen) atoms. The summed E-state index contributed by atoms with van der Waals surface area (Å²) in [5.41, 5.74) is 1.10. The molecule has 0 aromatic carbocycles. The third kappa shape index (κ3) is 10.4. The number of nitrogens with zero attached hydrogens (tertiary/aromatic N) is 2. The minimum atomic E-state index is 0. The number of pyridine rings is 1. The van der Waals surface area contributed by atoms with Crippen LogP contribution in [0.25, 0.3) is 0 Å². The van der Waals surface area contributed by atoms with Gasteiger partial charge in [0, 0.05) is 25.4 Å². The number of aromatic nitrogens is 1. The average molecular weight is 434 g/mol. The van der Waals surface area contributed by atoms with Gasteiger partial charge in [-0.15, -0.1) is 24.0 Å². The molecule has 1 aromatic heterocycles. The summed E-state index contributed by atoms with van der Waals surface area (Å²) in [7, 11) is 0. The van der Waals surface area contributed by atoms with E-state index in [2.05, 4.69) is 41.4 Å². The Hall–Kier alpha value is -1.05. The molecule has 1 heterocycles. The maximum Gasteiger partial charge on any atom is 0.213 e. The zero-order valence-electron chi connectivity index (χ0n) is 14.8. The molecule has 0 radical (unpaired) electrons. The van der Waals surface area contributed by atoms with Gasteiger partial charge in [-0.2, -0.15) is 0 Å². The topological polar surface area (TPSA) is 58.5 Å². The van der Waals surface area contributed by atoms with E-state index in [-0.39, 0.29) is 24.0 Å². The molecule has 0 bridgehead atoms. The van der Waals surface area contributed by atoms with Gasteiger partial charge in [0.15, 0.2) is 5.96 Å². The normalized spacial score (nSPS) is 11.1. The van der Waals surface area contributed by atoms with Crippen molar-refractivity contribution in [2.24, 2.45) is 10.9 Å². The van der Waals surface area contributed by atoms with Gasteiger partial charge in [-0.25, -0.2) is 9.98 Å². The molecule has 132 valence electrons. The van der Waals surface area contributed by atoms with Crippen molar-refractivity contribution in [1.82, 2.24) is 15.6 Å². The third-order valence-electron chi connectivity index (χ3n) is 3.11. The Bertz CT molecular complexity index is 452. The molecule has 0 saturated heterocycles. The van der Waals surface area contributed by atoms with E-state index in [1.807, 2.05) is 19.1 Å². The van der Waals surface area contributed by atoms with Crippen LogP contribution in [-0.2, 0) is 6.54 Å². The quantitative estimate of drug-likeness (QED) is 0.270. The lowest BCUT2D eigenvalue weighted by Gasteiger charge is -2.12. The second-order valence-electron chi connectivity index (χ2n) is 5.59. The molecular weight excluding hydrogens is 403 g/mol. The van der Waals surface area contributed by atoms with Gasteiger partial charge in [0.25, 0.3) is 0 Å². The number of aliphatic imine (C=N–C) groups is 1. The first-order chi connectivity index (χ1) is 10.7. The first-order valence-electron chi connectivity index (χ1n) is 8.25. The zero-order chi connectivity index (χ0) is 16.2. The average Bonchev–Trinajstić information content (AvgIpc) is 2.49. The Morgan fingerprint density at radius 2 is 2.09 bits per heavy atom. The number of guanidine groups is 1. The standard InChI is InChI=1S/C17H30N4O.HI/c1-5-18-17(20-10-7-8-14(3)4)21-13-15-9-11-19-16(12-15)22-6-2;/h9,11-12,14H,5-8,10,13H2,1-4H3,(H2,18,20,21);1H. The van der Waals surface area contributed by atoms with Crippen molar-refractivity contribution in [3.8, 4) is 5.88 Å². The van der Waals surface area contributed by atoms with E-state index in [1.165, 1.54) is 6.42 Å². The lowest BCUT2D eigenvalue weighted by atomic mass is 10.1. The zero-order valence-corrected chi connectivity index (χ0v) is 17.1. The van der Waals surface area contributed by atoms with Crippen molar-refractivity contribution in [3.05, 3.63) is 23.9 Å². The van der Waals surface area contributed by atoms with Crippen LogP contribution in [0.2, 0.25) is 0 Å². The van der Waals surface area contributed by atoms with E-state index in [9.17, 15) is 0 Å². The highest BCUT2D eigenvalue weighted by atomic mass is 127. The molecule has 0 spiro atoms. The molecule has 1 aromatic rings. The van der Waals surface area contributed by atoms with Gasteiger partial charge in [-0.3, -0.25) is 0 Å². The highest BCUT2D eigenvalue weighted by Gasteiger charge is 2.00. The molecule has 6 heteroatoms. The highest BCUT2D eigenvalue weighted by Crippen LogP contribution is 2.10. The minimum Gasteiger partial charge on any atom is -0.478 e. The van der Waals surface area contributed by atoms with E-state index in [4.69, 9.17) is 4.74 Å². The Morgan fingerprint density at radius 3 is 2.74 bits per heavy atom. The Balaban J connectivity index is 0.00000484. The first-order valence-corrected chi connectivity index (χ1v) is 8.25. The number of nitrogens with one attached hydrogen (secondary N) is 2. The fourth-order valence-electron chi connectivity index (χ4n) is 2.00. The van der Waals surface area contributed by atoms with Crippen molar-refractivity contribution < 1.29 is 4.74 Å². The van der Waals surface area contributed by atoms with Crippen LogP contribution in [0, 0.1) is 5.92 Å². The summed E-state index contributed by atoms with van der Waals surface area (Å²) in [5, 5.41) is 6.65. The molecule has 0 aliphatic carbocycles. The van der Waals surface area contributed by atoms with Crippen LogP contribution in [0.3, 0.4) is 0 Å². The van der Waals surface area contributed by atoms with Crippen molar-refractivity contribution in [2.45, 2.75) is 47.1 Å². The predicted molar refractivity (Wildman–Crippen MR) is 108 cm³/mol. The maximum atomic E-state index is 5.41. The molecule has 0 atom stereocenters. The summed E-state index contributed by atoms with van der Waals surface area (Å²) in [4.78, 5) is 8.78. The SMILES string of the molecule is CCNC(=NCc1ccnc(OCC)c1)NCCCC(C)C.I. The second-order valence-corrected chi connectivity index (χ2v) is 5.59. The summed E-state index contributed by atoms with van der Waals surface area (Å²) in [6.07, 6.45) is 4.15. The van der Waals surface area contributed by atoms with Gasteiger partial charge < -0.3 is 15.4 Å². The number of hydrogen-bond donors (Lipinski definition) is 2. The molecule has 0 saturated carbocycles. The Morgan fingerprint density at radius 1 is 1.30 bits per heavy atom. The van der Waals surface area contributed by atoms with Crippen molar-refractivity contribution in [3.63, 3.8) is 0 Å². The highest BCUT2D eigenvalue weighted by molar-refractivity contribution is 14.0. The molecule has 0 aliphatic heterocycles. The van der Waals surface area contributed by atoms with E-state index < -0.39 is 0 Å². The summed E-state index contributed by atoms with van der Waals surface area (Å²) in [6.45, 7) is 11.6. The molecule has 0 unspecified atom stereocenters.